The molecule has 0 aliphatic carbocycles. The number of rotatable bonds is 9. The summed E-state index contributed by atoms with van der Waals surface area (Å²) in [5.74, 6) is -1.00. The summed E-state index contributed by atoms with van der Waals surface area (Å²) in [5, 5.41) is 11.6. The van der Waals surface area contributed by atoms with Crippen molar-refractivity contribution in [2.24, 2.45) is 5.73 Å². The van der Waals surface area contributed by atoms with E-state index in [4.69, 9.17) is 20.3 Å². The molecule has 1 aromatic carbocycles. The molecule has 0 saturated heterocycles. The summed E-state index contributed by atoms with van der Waals surface area (Å²) in [6.07, 6.45) is 0.0477. The average molecular weight is 366 g/mol. The van der Waals surface area contributed by atoms with E-state index in [0.29, 0.717) is 12.2 Å². The number of carbonyl (C=O) groups is 3. The van der Waals surface area contributed by atoms with Gasteiger partial charge in [0.2, 0.25) is 0 Å². The third-order valence-corrected chi connectivity index (χ3v) is 3.21. The Kier molecular flexibility index (Phi) is 7.89. The third kappa shape index (κ3) is 9.51. The van der Waals surface area contributed by atoms with Crippen LogP contribution in [-0.2, 0) is 20.7 Å². The summed E-state index contributed by atoms with van der Waals surface area (Å²) in [6, 6.07) is 6.53. The van der Waals surface area contributed by atoms with Crippen molar-refractivity contribution >= 4 is 18.0 Å². The SMILES string of the molecule is CC(C)(C)OC(=O)NC(CCC(=O)O)Cc1ccc(OCC(N)=O)cc1. The highest BCUT2D eigenvalue weighted by atomic mass is 16.6. The average Bonchev–Trinajstić information content (AvgIpc) is 2.50. The first-order valence-corrected chi connectivity index (χ1v) is 8.26. The molecule has 8 heteroatoms. The summed E-state index contributed by atoms with van der Waals surface area (Å²) in [7, 11) is 0. The van der Waals surface area contributed by atoms with Crippen molar-refractivity contribution in [1.82, 2.24) is 5.32 Å². The lowest BCUT2D eigenvalue weighted by molar-refractivity contribution is -0.137. The third-order valence-electron chi connectivity index (χ3n) is 3.21. The van der Waals surface area contributed by atoms with Gasteiger partial charge in [0.1, 0.15) is 11.4 Å². The van der Waals surface area contributed by atoms with Gasteiger partial charge in [-0.2, -0.15) is 0 Å². The number of nitrogens with two attached hydrogens (primary N) is 1. The smallest absolute Gasteiger partial charge is 0.407 e. The van der Waals surface area contributed by atoms with Crippen molar-refractivity contribution in [3.63, 3.8) is 0 Å². The molecule has 0 heterocycles. The van der Waals surface area contributed by atoms with Crippen LogP contribution in [0.4, 0.5) is 4.79 Å². The molecule has 1 rings (SSSR count). The Morgan fingerprint density at radius 2 is 1.81 bits per heavy atom. The summed E-state index contributed by atoms with van der Waals surface area (Å²) in [5.41, 5.74) is 5.26. The molecule has 0 aliphatic heterocycles. The molecule has 4 N–H and O–H groups in total. The van der Waals surface area contributed by atoms with Gasteiger partial charge in [-0.1, -0.05) is 12.1 Å². The van der Waals surface area contributed by atoms with Gasteiger partial charge in [0.15, 0.2) is 6.61 Å². The van der Waals surface area contributed by atoms with Crippen LogP contribution in [0.15, 0.2) is 24.3 Å². The van der Waals surface area contributed by atoms with Crippen LogP contribution in [0.1, 0.15) is 39.2 Å². The molecule has 2 amide bonds. The van der Waals surface area contributed by atoms with E-state index in [-0.39, 0.29) is 19.4 Å². The fourth-order valence-corrected chi connectivity index (χ4v) is 2.16. The number of ether oxygens (including phenoxy) is 2. The van der Waals surface area contributed by atoms with Gasteiger partial charge in [0.05, 0.1) is 0 Å². The fraction of sp³-hybridized carbons (Fsp3) is 0.500. The van der Waals surface area contributed by atoms with E-state index >= 15 is 0 Å². The zero-order valence-corrected chi connectivity index (χ0v) is 15.3. The Bertz CT molecular complexity index is 622. The second-order valence-electron chi connectivity index (χ2n) is 6.88. The van der Waals surface area contributed by atoms with Crippen molar-refractivity contribution in [3.8, 4) is 5.75 Å². The van der Waals surface area contributed by atoms with Crippen LogP contribution >= 0.6 is 0 Å². The van der Waals surface area contributed by atoms with E-state index in [2.05, 4.69) is 5.32 Å². The summed E-state index contributed by atoms with van der Waals surface area (Å²) in [4.78, 5) is 33.5. The molecule has 1 aromatic rings. The highest BCUT2D eigenvalue weighted by molar-refractivity contribution is 5.75. The van der Waals surface area contributed by atoms with Gasteiger partial charge < -0.3 is 25.6 Å². The van der Waals surface area contributed by atoms with Gasteiger partial charge in [-0.05, 0) is 51.3 Å². The topological polar surface area (TPSA) is 128 Å². The number of carboxylic acids is 1. The van der Waals surface area contributed by atoms with Crippen molar-refractivity contribution in [2.75, 3.05) is 6.61 Å². The summed E-state index contributed by atoms with van der Waals surface area (Å²) >= 11 is 0. The first-order chi connectivity index (χ1) is 12.0. The molecule has 1 atom stereocenters. The minimum absolute atomic E-state index is 0.0692. The highest BCUT2D eigenvalue weighted by Gasteiger charge is 2.20. The standard InChI is InChI=1S/C18H26N2O6/c1-18(2,3)26-17(24)20-13(6-9-16(22)23)10-12-4-7-14(8-5-12)25-11-15(19)21/h4-5,7-8,13H,6,9-11H2,1-3H3,(H2,19,21)(H,20,24)(H,22,23). The quantitative estimate of drug-likeness (QED) is 0.612. The number of amides is 2. The van der Waals surface area contributed by atoms with Crippen LogP contribution in [0.3, 0.4) is 0 Å². The number of benzene rings is 1. The fourth-order valence-electron chi connectivity index (χ4n) is 2.16. The van der Waals surface area contributed by atoms with Gasteiger partial charge in [-0.25, -0.2) is 4.79 Å². The summed E-state index contributed by atoms with van der Waals surface area (Å²) < 4.78 is 10.4. The van der Waals surface area contributed by atoms with E-state index in [1.807, 2.05) is 0 Å². The number of hydrogen-bond donors (Lipinski definition) is 3. The van der Waals surface area contributed by atoms with E-state index in [1.54, 1.807) is 45.0 Å². The molecular formula is C18H26N2O6. The van der Waals surface area contributed by atoms with Crippen LogP contribution in [-0.4, -0.2) is 41.3 Å². The Balaban J connectivity index is 2.70. The number of carbonyl (C=O) groups excluding carboxylic acids is 2. The second kappa shape index (κ2) is 9.65. The zero-order valence-electron chi connectivity index (χ0n) is 15.3. The van der Waals surface area contributed by atoms with Gasteiger partial charge in [0, 0.05) is 12.5 Å². The predicted molar refractivity (Wildman–Crippen MR) is 94.9 cm³/mol. The van der Waals surface area contributed by atoms with Crippen molar-refractivity contribution in [2.45, 2.75) is 51.7 Å². The molecule has 144 valence electrons. The molecule has 0 radical (unpaired) electrons. The number of nitrogens with one attached hydrogen (secondary N) is 1. The minimum Gasteiger partial charge on any atom is -0.484 e. The number of alkyl carbamates (subject to hydrolysis) is 1. The van der Waals surface area contributed by atoms with E-state index < -0.39 is 29.6 Å². The maximum Gasteiger partial charge on any atom is 0.407 e. The normalized spacial score (nSPS) is 12.1. The monoisotopic (exact) mass is 366 g/mol. The molecule has 26 heavy (non-hydrogen) atoms. The Hall–Kier alpha value is -2.77. The Labute approximate surface area is 152 Å². The van der Waals surface area contributed by atoms with Crippen LogP contribution < -0.4 is 15.8 Å². The van der Waals surface area contributed by atoms with E-state index in [0.717, 1.165) is 5.56 Å². The summed E-state index contributed by atoms with van der Waals surface area (Å²) in [6.45, 7) is 5.05. The van der Waals surface area contributed by atoms with Crippen molar-refractivity contribution in [1.29, 1.82) is 0 Å². The maximum absolute atomic E-state index is 12.0. The van der Waals surface area contributed by atoms with E-state index in [9.17, 15) is 14.4 Å². The molecule has 0 aliphatic rings. The number of hydrogen-bond acceptors (Lipinski definition) is 5. The molecule has 0 bridgehead atoms. The highest BCUT2D eigenvalue weighted by Crippen LogP contribution is 2.15. The molecule has 8 nitrogen and oxygen atoms in total. The maximum atomic E-state index is 12.0. The van der Waals surface area contributed by atoms with Crippen LogP contribution in [0, 0.1) is 0 Å². The second-order valence-corrected chi connectivity index (χ2v) is 6.88. The Morgan fingerprint density at radius 3 is 2.31 bits per heavy atom. The first kappa shape index (κ1) is 21.3. The van der Waals surface area contributed by atoms with Crippen LogP contribution in [0.2, 0.25) is 0 Å². The molecule has 0 saturated carbocycles. The lowest BCUT2D eigenvalue weighted by atomic mass is 10.0. The molecule has 0 fully saturated rings. The molecule has 0 aromatic heterocycles. The lowest BCUT2D eigenvalue weighted by Crippen LogP contribution is -2.40. The lowest BCUT2D eigenvalue weighted by Gasteiger charge is -2.23. The van der Waals surface area contributed by atoms with Crippen molar-refractivity contribution in [3.05, 3.63) is 29.8 Å². The predicted octanol–water partition coefficient (Wildman–Crippen LogP) is 1.85. The molecule has 0 spiro atoms. The Morgan fingerprint density at radius 1 is 1.19 bits per heavy atom. The van der Waals surface area contributed by atoms with Crippen LogP contribution in [0.25, 0.3) is 0 Å². The van der Waals surface area contributed by atoms with Crippen LogP contribution in [0.5, 0.6) is 5.75 Å². The van der Waals surface area contributed by atoms with Gasteiger partial charge in [-0.3, -0.25) is 9.59 Å². The van der Waals surface area contributed by atoms with Gasteiger partial charge >= 0.3 is 12.1 Å². The molecule has 1 unspecified atom stereocenters. The molecular weight excluding hydrogens is 340 g/mol. The number of carboxylic acid groups (broad SMARTS) is 1. The zero-order chi connectivity index (χ0) is 19.7. The number of primary amides is 1. The van der Waals surface area contributed by atoms with E-state index in [1.165, 1.54) is 0 Å². The number of aliphatic carboxylic acids is 1. The minimum atomic E-state index is -0.934. The van der Waals surface area contributed by atoms with Gasteiger partial charge in [-0.15, -0.1) is 0 Å². The van der Waals surface area contributed by atoms with Crippen molar-refractivity contribution < 1.29 is 29.0 Å². The van der Waals surface area contributed by atoms with Gasteiger partial charge in [0.25, 0.3) is 5.91 Å². The first-order valence-electron chi connectivity index (χ1n) is 8.26. The largest absolute Gasteiger partial charge is 0.484 e.